The van der Waals surface area contributed by atoms with Gasteiger partial charge in [0.15, 0.2) is 6.29 Å². The Hall–Kier alpha value is -0.120. The molecule has 5 atom stereocenters. The molecule has 2 aliphatic rings. The quantitative estimate of drug-likeness (QED) is 0.686. The molecule has 3 nitrogen and oxygen atoms in total. The molecule has 0 aromatic rings. The first kappa shape index (κ1) is 14.3. The molecule has 3 unspecified atom stereocenters. The lowest BCUT2D eigenvalue weighted by molar-refractivity contribution is -0.148. The summed E-state index contributed by atoms with van der Waals surface area (Å²) < 4.78 is 5.45. The van der Waals surface area contributed by atoms with Crippen LogP contribution in [0.25, 0.3) is 0 Å². The van der Waals surface area contributed by atoms with Crippen LogP contribution in [0.2, 0.25) is 0 Å². The molecule has 2 saturated carbocycles. The average molecular weight is 255 g/mol. The van der Waals surface area contributed by atoms with E-state index in [-0.39, 0.29) is 0 Å². The summed E-state index contributed by atoms with van der Waals surface area (Å²) in [4.78, 5) is 0. The Morgan fingerprint density at radius 3 is 2.67 bits per heavy atom. The van der Waals surface area contributed by atoms with Gasteiger partial charge < -0.3 is 15.2 Å². The second-order valence-electron chi connectivity index (χ2n) is 6.42. The van der Waals surface area contributed by atoms with Crippen LogP contribution in [0.4, 0.5) is 0 Å². The van der Waals surface area contributed by atoms with Gasteiger partial charge in [0.05, 0.1) is 0 Å². The normalized spacial score (nSPS) is 36.5. The van der Waals surface area contributed by atoms with Gasteiger partial charge in [0.1, 0.15) is 0 Å². The van der Waals surface area contributed by atoms with Gasteiger partial charge in [-0.2, -0.15) is 0 Å². The molecule has 0 radical (unpaired) electrons. The smallest absolute Gasteiger partial charge is 0.159 e. The fourth-order valence-corrected chi connectivity index (χ4v) is 3.87. The van der Waals surface area contributed by atoms with Crippen molar-refractivity contribution in [1.82, 2.24) is 5.32 Å². The van der Waals surface area contributed by atoms with E-state index >= 15 is 0 Å². The van der Waals surface area contributed by atoms with Gasteiger partial charge in [-0.15, -0.1) is 0 Å². The molecule has 2 rings (SSSR count). The molecule has 2 bridgehead atoms. The highest BCUT2D eigenvalue weighted by molar-refractivity contribution is 5.01. The number of hydrogen-bond donors (Lipinski definition) is 2. The SMILES string of the molecule is CCOC(O)C1C(NCCC(C)C)[C@@H]2CC[C@H]1C2. The van der Waals surface area contributed by atoms with E-state index in [4.69, 9.17) is 4.74 Å². The molecule has 106 valence electrons. The summed E-state index contributed by atoms with van der Waals surface area (Å²) in [6, 6.07) is 0.476. The van der Waals surface area contributed by atoms with Crippen molar-refractivity contribution in [3.05, 3.63) is 0 Å². The molecule has 0 spiro atoms. The maximum absolute atomic E-state index is 10.2. The first-order chi connectivity index (χ1) is 8.63. The number of aliphatic hydroxyl groups excluding tert-OH is 1. The maximum atomic E-state index is 10.2. The third-order valence-corrected chi connectivity index (χ3v) is 4.75. The monoisotopic (exact) mass is 255 g/mol. The summed E-state index contributed by atoms with van der Waals surface area (Å²) in [6.07, 6.45) is 4.54. The van der Waals surface area contributed by atoms with Crippen molar-refractivity contribution < 1.29 is 9.84 Å². The van der Waals surface area contributed by atoms with Crippen LogP contribution in [0.1, 0.15) is 46.5 Å². The highest BCUT2D eigenvalue weighted by Gasteiger charge is 2.50. The van der Waals surface area contributed by atoms with Crippen LogP contribution in [0.5, 0.6) is 0 Å². The summed E-state index contributed by atoms with van der Waals surface area (Å²) in [5.41, 5.74) is 0. The van der Waals surface area contributed by atoms with Gasteiger partial charge in [-0.3, -0.25) is 0 Å². The molecular weight excluding hydrogens is 226 g/mol. The largest absolute Gasteiger partial charge is 0.368 e. The van der Waals surface area contributed by atoms with Crippen molar-refractivity contribution in [2.24, 2.45) is 23.7 Å². The van der Waals surface area contributed by atoms with Crippen molar-refractivity contribution >= 4 is 0 Å². The molecule has 2 fully saturated rings. The second-order valence-corrected chi connectivity index (χ2v) is 6.42. The molecule has 0 saturated heterocycles. The Balaban J connectivity index is 1.89. The van der Waals surface area contributed by atoms with Crippen LogP contribution < -0.4 is 5.32 Å². The lowest BCUT2D eigenvalue weighted by Crippen LogP contribution is -2.47. The Kier molecular flexibility index (Phi) is 5.05. The van der Waals surface area contributed by atoms with Gasteiger partial charge in [0.25, 0.3) is 0 Å². The van der Waals surface area contributed by atoms with Gasteiger partial charge in [-0.25, -0.2) is 0 Å². The first-order valence-corrected chi connectivity index (χ1v) is 7.66. The summed E-state index contributed by atoms with van der Waals surface area (Å²) in [5.74, 6) is 2.50. The zero-order valence-electron chi connectivity index (χ0n) is 12.1. The van der Waals surface area contributed by atoms with E-state index in [0.29, 0.717) is 24.5 Å². The van der Waals surface area contributed by atoms with Crippen LogP contribution in [-0.4, -0.2) is 30.6 Å². The van der Waals surface area contributed by atoms with Crippen LogP contribution in [0.3, 0.4) is 0 Å². The van der Waals surface area contributed by atoms with Crippen molar-refractivity contribution in [1.29, 1.82) is 0 Å². The Labute approximate surface area is 111 Å². The average Bonchev–Trinajstić information content (AvgIpc) is 2.89. The molecule has 0 aliphatic heterocycles. The van der Waals surface area contributed by atoms with Crippen molar-refractivity contribution in [2.45, 2.75) is 58.8 Å². The van der Waals surface area contributed by atoms with Crippen LogP contribution in [-0.2, 0) is 4.74 Å². The fourth-order valence-electron chi connectivity index (χ4n) is 3.87. The van der Waals surface area contributed by atoms with Gasteiger partial charge in [-0.05, 0) is 56.9 Å². The lowest BCUT2D eigenvalue weighted by atomic mass is 9.83. The number of aliphatic hydroxyl groups is 1. The Morgan fingerprint density at radius 1 is 1.28 bits per heavy atom. The van der Waals surface area contributed by atoms with Gasteiger partial charge in [0.2, 0.25) is 0 Å². The predicted octanol–water partition coefficient (Wildman–Crippen LogP) is 2.39. The van der Waals surface area contributed by atoms with Gasteiger partial charge >= 0.3 is 0 Å². The minimum absolute atomic E-state index is 0.316. The van der Waals surface area contributed by atoms with Crippen molar-refractivity contribution in [3.8, 4) is 0 Å². The number of nitrogens with one attached hydrogen (secondary N) is 1. The molecular formula is C15H29NO2. The molecule has 3 heteroatoms. The number of rotatable bonds is 7. The zero-order valence-corrected chi connectivity index (χ0v) is 12.1. The zero-order chi connectivity index (χ0) is 13.1. The van der Waals surface area contributed by atoms with E-state index < -0.39 is 6.29 Å². The maximum Gasteiger partial charge on any atom is 0.159 e. The third-order valence-electron chi connectivity index (χ3n) is 4.75. The fraction of sp³-hybridized carbons (Fsp3) is 1.00. The van der Waals surface area contributed by atoms with E-state index in [1.54, 1.807) is 0 Å². The third kappa shape index (κ3) is 3.06. The van der Waals surface area contributed by atoms with E-state index in [1.165, 1.54) is 25.7 Å². The second kappa shape index (κ2) is 6.36. The van der Waals surface area contributed by atoms with Gasteiger partial charge in [-0.1, -0.05) is 13.8 Å². The molecule has 0 amide bonds. The minimum Gasteiger partial charge on any atom is -0.368 e. The summed E-state index contributed by atoms with van der Waals surface area (Å²) in [7, 11) is 0. The van der Waals surface area contributed by atoms with Crippen LogP contribution >= 0.6 is 0 Å². The standard InChI is InChI=1S/C15H29NO2/c1-4-18-15(17)13-11-5-6-12(9-11)14(13)16-8-7-10(2)3/h10-17H,4-9H2,1-3H3/t11-,12+,13?,14?,15?/m0/s1. The van der Waals surface area contributed by atoms with Crippen LogP contribution in [0.15, 0.2) is 0 Å². The number of ether oxygens (including phenoxy) is 1. The summed E-state index contributed by atoms with van der Waals surface area (Å²) >= 11 is 0. The molecule has 0 heterocycles. The highest BCUT2D eigenvalue weighted by atomic mass is 16.6. The van der Waals surface area contributed by atoms with E-state index in [1.807, 2.05) is 6.92 Å². The number of hydrogen-bond acceptors (Lipinski definition) is 3. The van der Waals surface area contributed by atoms with E-state index in [9.17, 15) is 5.11 Å². The van der Waals surface area contributed by atoms with E-state index in [0.717, 1.165) is 18.4 Å². The first-order valence-electron chi connectivity index (χ1n) is 7.66. The topological polar surface area (TPSA) is 41.5 Å². The number of fused-ring (bicyclic) bond motifs is 2. The molecule has 2 aliphatic carbocycles. The van der Waals surface area contributed by atoms with E-state index in [2.05, 4.69) is 19.2 Å². The Morgan fingerprint density at radius 2 is 2.00 bits per heavy atom. The molecule has 0 aromatic heterocycles. The van der Waals surface area contributed by atoms with Crippen LogP contribution in [0, 0.1) is 23.7 Å². The summed E-state index contributed by atoms with van der Waals surface area (Å²) in [6.45, 7) is 8.15. The van der Waals surface area contributed by atoms with Gasteiger partial charge in [0, 0.05) is 18.6 Å². The predicted molar refractivity (Wildman–Crippen MR) is 73.2 cm³/mol. The Bertz CT molecular complexity index is 257. The molecule has 2 N–H and O–H groups in total. The van der Waals surface area contributed by atoms with Crippen molar-refractivity contribution in [2.75, 3.05) is 13.2 Å². The minimum atomic E-state index is -0.568. The molecule has 18 heavy (non-hydrogen) atoms. The summed E-state index contributed by atoms with van der Waals surface area (Å²) in [5, 5.41) is 13.9. The highest BCUT2D eigenvalue weighted by Crippen LogP contribution is 2.49. The molecule has 0 aromatic carbocycles. The van der Waals surface area contributed by atoms with Crippen molar-refractivity contribution in [3.63, 3.8) is 0 Å². The lowest BCUT2D eigenvalue weighted by Gasteiger charge is -2.34.